The van der Waals surface area contributed by atoms with Crippen molar-refractivity contribution < 1.29 is 14.5 Å². The lowest BCUT2D eigenvalue weighted by Crippen LogP contribution is -2.56. The standard InChI is InChI=1S/C19H18Cl3N3O4/c1-19(2,3)24(18(27)11-7-5-6-8-14(11)25(28)29)23(4)17(26)12-9-10-13(20)16(22)15(12)21/h5-10H,1-4H3. The Morgan fingerprint density at radius 1 is 0.931 bits per heavy atom. The van der Waals surface area contributed by atoms with Crippen LogP contribution in [0, 0.1) is 10.1 Å². The van der Waals surface area contributed by atoms with Gasteiger partial charge < -0.3 is 0 Å². The largest absolute Gasteiger partial charge is 0.282 e. The molecule has 29 heavy (non-hydrogen) atoms. The maximum Gasteiger partial charge on any atom is 0.282 e. The summed E-state index contributed by atoms with van der Waals surface area (Å²) < 4.78 is 0. The second kappa shape index (κ2) is 8.57. The number of nitrogens with zero attached hydrogens (tertiary/aromatic N) is 3. The summed E-state index contributed by atoms with van der Waals surface area (Å²) in [5, 5.41) is 13.7. The van der Waals surface area contributed by atoms with Gasteiger partial charge in [0, 0.05) is 13.1 Å². The average molecular weight is 459 g/mol. The monoisotopic (exact) mass is 457 g/mol. The first-order chi connectivity index (χ1) is 13.4. The minimum atomic E-state index is -0.895. The van der Waals surface area contributed by atoms with Gasteiger partial charge in [0.25, 0.3) is 17.5 Å². The quantitative estimate of drug-likeness (QED) is 0.346. The van der Waals surface area contributed by atoms with Gasteiger partial charge in [-0.15, -0.1) is 0 Å². The van der Waals surface area contributed by atoms with Crippen LogP contribution in [0.4, 0.5) is 5.69 Å². The number of hydrazine groups is 1. The third kappa shape index (κ3) is 4.63. The van der Waals surface area contributed by atoms with Crippen molar-refractivity contribution in [2.24, 2.45) is 0 Å². The fourth-order valence-corrected chi connectivity index (χ4v) is 3.39. The van der Waals surface area contributed by atoms with Crippen LogP contribution in [-0.4, -0.2) is 39.3 Å². The number of benzene rings is 2. The molecule has 0 aliphatic carbocycles. The summed E-state index contributed by atoms with van der Waals surface area (Å²) in [4.78, 5) is 37.0. The van der Waals surface area contributed by atoms with Crippen LogP contribution in [0.3, 0.4) is 0 Å². The number of nitro groups is 1. The number of carbonyl (C=O) groups excluding carboxylic acids is 2. The zero-order chi connectivity index (χ0) is 22.1. The molecule has 0 N–H and O–H groups in total. The van der Waals surface area contributed by atoms with E-state index >= 15 is 0 Å². The fourth-order valence-electron chi connectivity index (χ4n) is 2.77. The molecule has 0 heterocycles. The van der Waals surface area contributed by atoms with Gasteiger partial charge in [0.1, 0.15) is 5.56 Å². The summed E-state index contributed by atoms with van der Waals surface area (Å²) in [5.74, 6) is -1.34. The van der Waals surface area contributed by atoms with Gasteiger partial charge in [0.05, 0.1) is 31.1 Å². The number of hydrogen-bond donors (Lipinski definition) is 0. The van der Waals surface area contributed by atoms with Crippen molar-refractivity contribution in [1.82, 2.24) is 10.0 Å². The Kier molecular flexibility index (Phi) is 6.78. The molecule has 0 spiro atoms. The van der Waals surface area contributed by atoms with Gasteiger partial charge in [-0.05, 0) is 39.0 Å². The highest BCUT2D eigenvalue weighted by molar-refractivity contribution is 6.49. The summed E-state index contributed by atoms with van der Waals surface area (Å²) in [6, 6.07) is 8.35. The van der Waals surface area contributed by atoms with Gasteiger partial charge in [0.15, 0.2) is 0 Å². The van der Waals surface area contributed by atoms with E-state index in [0.717, 1.165) is 10.0 Å². The highest BCUT2D eigenvalue weighted by atomic mass is 35.5. The van der Waals surface area contributed by atoms with Crippen molar-refractivity contribution in [3.05, 3.63) is 72.7 Å². The van der Waals surface area contributed by atoms with E-state index in [0.29, 0.717) is 0 Å². The van der Waals surface area contributed by atoms with Crippen LogP contribution in [0.15, 0.2) is 36.4 Å². The minimum Gasteiger partial charge on any atom is -0.267 e. The molecule has 0 radical (unpaired) electrons. The molecule has 2 rings (SSSR count). The lowest BCUT2D eigenvalue weighted by molar-refractivity contribution is -0.385. The maximum absolute atomic E-state index is 13.2. The van der Waals surface area contributed by atoms with E-state index in [-0.39, 0.29) is 31.9 Å². The molecule has 0 unspecified atom stereocenters. The highest BCUT2D eigenvalue weighted by Gasteiger charge is 2.37. The van der Waals surface area contributed by atoms with E-state index in [9.17, 15) is 19.7 Å². The van der Waals surface area contributed by atoms with E-state index in [2.05, 4.69) is 0 Å². The topological polar surface area (TPSA) is 83.8 Å². The molecule has 7 nitrogen and oxygen atoms in total. The molecular weight excluding hydrogens is 441 g/mol. The Labute approximate surface area is 182 Å². The Bertz CT molecular complexity index is 989. The third-order valence-corrected chi connectivity index (χ3v) is 5.31. The molecule has 0 fully saturated rings. The molecule has 10 heteroatoms. The summed E-state index contributed by atoms with van der Waals surface area (Å²) in [7, 11) is 1.37. The van der Waals surface area contributed by atoms with Crippen LogP contribution in [-0.2, 0) is 0 Å². The molecule has 0 aliphatic heterocycles. The molecular formula is C19H18Cl3N3O4. The smallest absolute Gasteiger partial charge is 0.267 e. The number of amides is 2. The number of nitro benzene ring substituents is 1. The van der Waals surface area contributed by atoms with Gasteiger partial charge in [-0.25, -0.2) is 10.0 Å². The van der Waals surface area contributed by atoms with E-state index in [4.69, 9.17) is 34.8 Å². The highest BCUT2D eigenvalue weighted by Crippen LogP contribution is 2.34. The molecule has 2 aromatic rings. The van der Waals surface area contributed by atoms with Crippen LogP contribution < -0.4 is 0 Å². The Morgan fingerprint density at radius 3 is 2.07 bits per heavy atom. The van der Waals surface area contributed by atoms with Gasteiger partial charge in [-0.2, -0.15) is 0 Å². The predicted molar refractivity (Wildman–Crippen MR) is 113 cm³/mol. The first kappa shape index (κ1) is 22.9. The second-order valence-electron chi connectivity index (χ2n) is 7.11. The predicted octanol–water partition coefficient (Wildman–Crippen LogP) is 5.48. The number of carbonyl (C=O) groups is 2. The lowest BCUT2D eigenvalue weighted by atomic mass is 10.0. The fraction of sp³-hybridized carbons (Fsp3) is 0.263. The van der Waals surface area contributed by atoms with Crippen molar-refractivity contribution in [3.63, 3.8) is 0 Å². The molecule has 154 valence electrons. The third-order valence-electron chi connectivity index (χ3n) is 4.02. The van der Waals surface area contributed by atoms with Gasteiger partial charge in [0.2, 0.25) is 0 Å². The number of para-hydroxylation sites is 1. The van der Waals surface area contributed by atoms with Crippen LogP contribution >= 0.6 is 34.8 Å². The summed E-state index contributed by atoms with van der Waals surface area (Å²) in [6.45, 7) is 5.08. The van der Waals surface area contributed by atoms with E-state index < -0.39 is 22.3 Å². The van der Waals surface area contributed by atoms with Crippen LogP contribution in [0.1, 0.15) is 41.5 Å². The number of halogens is 3. The van der Waals surface area contributed by atoms with Crippen LogP contribution in [0.25, 0.3) is 0 Å². The van der Waals surface area contributed by atoms with Crippen LogP contribution in [0.2, 0.25) is 15.1 Å². The van der Waals surface area contributed by atoms with Gasteiger partial charge in [-0.1, -0.05) is 46.9 Å². The van der Waals surface area contributed by atoms with Crippen molar-refractivity contribution >= 4 is 52.3 Å². The van der Waals surface area contributed by atoms with E-state index in [1.54, 1.807) is 20.8 Å². The minimum absolute atomic E-state index is 0.0138. The molecule has 0 atom stereocenters. The first-order valence-corrected chi connectivity index (χ1v) is 9.50. The van der Waals surface area contributed by atoms with Crippen LogP contribution in [0.5, 0.6) is 0 Å². The molecule has 0 aliphatic rings. The van der Waals surface area contributed by atoms with Crippen molar-refractivity contribution in [3.8, 4) is 0 Å². The molecule has 0 bridgehead atoms. The zero-order valence-electron chi connectivity index (χ0n) is 16.1. The molecule has 0 saturated carbocycles. The second-order valence-corrected chi connectivity index (χ2v) is 8.28. The Hall–Kier alpha value is -2.35. The SMILES string of the molecule is CN(C(=O)c1ccc(Cl)c(Cl)c1Cl)N(C(=O)c1ccccc1[N+](=O)[O-])C(C)(C)C. The zero-order valence-corrected chi connectivity index (χ0v) is 18.3. The number of rotatable bonds is 3. The average Bonchev–Trinajstić information content (AvgIpc) is 2.64. The summed E-state index contributed by atoms with van der Waals surface area (Å²) >= 11 is 18.1. The summed E-state index contributed by atoms with van der Waals surface area (Å²) in [5.41, 5.74) is -1.37. The van der Waals surface area contributed by atoms with Crippen molar-refractivity contribution in [1.29, 1.82) is 0 Å². The molecule has 0 saturated heterocycles. The maximum atomic E-state index is 13.2. The van der Waals surface area contributed by atoms with Gasteiger partial charge in [-0.3, -0.25) is 19.7 Å². The normalized spacial score (nSPS) is 11.1. The molecule has 2 amide bonds. The van der Waals surface area contributed by atoms with Crippen molar-refractivity contribution in [2.75, 3.05) is 7.05 Å². The Balaban J connectivity index is 2.54. The summed E-state index contributed by atoms with van der Waals surface area (Å²) in [6.07, 6.45) is 0. The van der Waals surface area contributed by atoms with E-state index in [1.165, 1.54) is 43.4 Å². The Morgan fingerprint density at radius 2 is 1.52 bits per heavy atom. The van der Waals surface area contributed by atoms with E-state index in [1.807, 2.05) is 0 Å². The molecule has 0 aromatic heterocycles. The number of hydrogen-bond acceptors (Lipinski definition) is 4. The van der Waals surface area contributed by atoms with Crippen molar-refractivity contribution in [2.45, 2.75) is 26.3 Å². The first-order valence-electron chi connectivity index (χ1n) is 8.37. The molecule has 2 aromatic carbocycles. The lowest BCUT2D eigenvalue weighted by Gasteiger charge is -2.41. The van der Waals surface area contributed by atoms with Gasteiger partial charge >= 0.3 is 0 Å².